The fraction of sp³-hybridized carbons (Fsp3) is 0.812. The van der Waals surface area contributed by atoms with Crippen molar-refractivity contribution in [3.05, 3.63) is 18.2 Å². The monoisotopic (exact) mass is 261 g/mol. The number of nitrogens with zero attached hydrogens (tertiary/aromatic N) is 2. The Hall–Kier alpha value is -0.830. The van der Waals surface area contributed by atoms with E-state index in [0.29, 0.717) is 5.41 Å². The molecule has 0 radical (unpaired) electrons. The van der Waals surface area contributed by atoms with Crippen LogP contribution in [0.4, 0.5) is 0 Å². The van der Waals surface area contributed by atoms with Gasteiger partial charge in [0.1, 0.15) is 0 Å². The molecule has 1 aromatic heterocycles. The van der Waals surface area contributed by atoms with Crippen molar-refractivity contribution < 1.29 is 0 Å². The van der Waals surface area contributed by atoms with Crippen molar-refractivity contribution in [1.29, 1.82) is 0 Å². The Morgan fingerprint density at radius 2 is 2.21 bits per heavy atom. The van der Waals surface area contributed by atoms with Crippen LogP contribution in [0.3, 0.4) is 0 Å². The highest BCUT2D eigenvalue weighted by atomic mass is 15.1. The predicted molar refractivity (Wildman–Crippen MR) is 78.3 cm³/mol. The van der Waals surface area contributed by atoms with Crippen molar-refractivity contribution >= 4 is 0 Å². The van der Waals surface area contributed by atoms with Crippen molar-refractivity contribution in [2.75, 3.05) is 13.1 Å². The largest absolute Gasteiger partial charge is 0.334 e. The molecule has 0 amide bonds. The van der Waals surface area contributed by atoms with Crippen LogP contribution in [0.15, 0.2) is 12.5 Å². The molecular weight excluding hydrogens is 234 g/mol. The molecule has 1 aliphatic carbocycles. The summed E-state index contributed by atoms with van der Waals surface area (Å²) in [6.07, 6.45) is 14.0. The highest BCUT2D eigenvalue weighted by Crippen LogP contribution is 2.31. The van der Waals surface area contributed by atoms with E-state index in [1.807, 2.05) is 6.33 Å². The van der Waals surface area contributed by atoms with Crippen LogP contribution >= 0.6 is 0 Å². The summed E-state index contributed by atoms with van der Waals surface area (Å²) in [5.74, 6) is 0.957. The van der Waals surface area contributed by atoms with Gasteiger partial charge in [0.25, 0.3) is 0 Å². The van der Waals surface area contributed by atoms with E-state index in [0.717, 1.165) is 25.6 Å². The number of aromatic nitrogens is 2. The lowest BCUT2D eigenvalue weighted by atomic mass is 9.85. The lowest BCUT2D eigenvalue weighted by Crippen LogP contribution is -2.28. The number of nitrogens with one attached hydrogen (secondary N) is 1. The summed E-state index contributed by atoms with van der Waals surface area (Å²) < 4.78 is 2.42. The van der Waals surface area contributed by atoms with Gasteiger partial charge in [0.15, 0.2) is 0 Å². The highest BCUT2D eigenvalue weighted by molar-refractivity contribution is 5.17. The Bertz CT molecular complexity index is 398. The van der Waals surface area contributed by atoms with Crippen LogP contribution < -0.4 is 5.32 Å². The summed E-state index contributed by atoms with van der Waals surface area (Å²) in [5.41, 5.74) is 1.73. The number of aryl methyl sites for hydroxylation is 1. The standard InChI is InChI=1S/C16H27N3/c1-16(8-9-17-12-16)15-11-18-13-19(15)10-7-14-5-3-2-4-6-14/h11,13-14,17H,2-10,12H2,1H3. The molecular formula is C16H27N3. The number of hydrogen-bond acceptors (Lipinski definition) is 2. The van der Waals surface area contributed by atoms with Crippen LogP contribution in [-0.2, 0) is 12.0 Å². The summed E-state index contributed by atoms with van der Waals surface area (Å²) in [6.45, 7) is 5.78. The number of imidazole rings is 1. The minimum Gasteiger partial charge on any atom is -0.334 e. The summed E-state index contributed by atoms with van der Waals surface area (Å²) in [6, 6.07) is 0. The third-order valence-corrected chi connectivity index (χ3v) is 5.20. The summed E-state index contributed by atoms with van der Waals surface area (Å²) in [7, 11) is 0. The molecule has 0 bridgehead atoms. The van der Waals surface area contributed by atoms with E-state index < -0.39 is 0 Å². The van der Waals surface area contributed by atoms with Crippen LogP contribution in [0, 0.1) is 5.92 Å². The molecule has 1 N–H and O–H groups in total. The molecule has 1 saturated heterocycles. The average molecular weight is 261 g/mol. The van der Waals surface area contributed by atoms with Crippen LogP contribution in [-0.4, -0.2) is 22.6 Å². The van der Waals surface area contributed by atoms with Gasteiger partial charge in [0.05, 0.1) is 6.33 Å². The van der Waals surface area contributed by atoms with Crippen molar-refractivity contribution in [1.82, 2.24) is 14.9 Å². The van der Waals surface area contributed by atoms with Crippen LogP contribution in [0.5, 0.6) is 0 Å². The lowest BCUT2D eigenvalue weighted by molar-refractivity contribution is 0.319. The van der Waals surface area contributed by atoms with E-state index in [1.165, 1.54) is 50.6 Å². The topological polar surface area (TPSA) is 29.9 Å². The zero-order chi connectivity index (χ0) is 13.1. The third-order valence-electron chi connectivity index (χ3n) is 5.20. The van der Waals surface area contributed by atoms with Gasteiger partial charge in [0.2, 0.25) is 0 Å². The van der Waals surface area contributed by atoms with Gasteiger partial charge in [0, 0.05) is 30.4 Å². The Labute approximate surface area is 116 Å². The minimum absolute atomic E-state index is 0.295. The second kappa shape index (κ2) is 5.66. The molecule has 0 spiro atoms. The van der Waals surface area contributed by atoms with Crippen molar-refractivity contribution in [3.8, 4) is 0 Å². The fourth-order valence-electron chi connectivity index (χ4n) is 3.83. The van der Waals surface area contributed by atoms with Crippen molar-refractivity contribution in [3.63, 3.8) is 0 Å². The molecule has 2 heterocycles. The first-order chi connectivity index (χ1) is 9.28. The van der Waals surface area contributed by atoms with Gasteiger partial charge >= 0.3 is 0 Å². The maximum absolute atomic E-state index is 4.41. The summed E-state index contributed by atoms with van der Waals surface area (Å²) in [4.78, 5) is 4.41. The first kappa shape index (κ1) is 13.2. The van der Waals surface area contributed by atoms with Crippen LogP contribution in [0.25, 0.3) is 0 Å². The van der Waals surface area contributed by atoms with Gasteiger partial charge in [-0.1, -0.05) is 39.0 Å². The van der Waals surface area contributed by atoms with Gasteiger partial charge in [-0.25, -0.2) is 4.98 Å². The van der Waals surface area contributed by atoms with E-state index in [-0.39, 0.29) is 0 Å². The highest BCUT2D eigenvalue weighted by Gasteiger charge is 2.33. The van der Waals surface area contributed by atoms with Gasteiger partial charge in [-0.2, -0.15) is 0 Å². The Morgan fingerprint density at radius 3 is 2.95 bits per heavy atom. The van der Waals surface area contributed by atoms with Crippen LogP contribution in [0.1, 0.15) is 57.6 Å². The molecule has 106 valence electrons. The SMILES string of the molecule is CC1(c2cncn2CCC2CCCCC2)CCNC1. The minimum atomic E-state index is 0.295. The van der Waals surface area contributed by atoms with E-state index >= 15 is 0 Å². The van der Waals surface area contributed by atoms with Crippen LogP contribution in [0.2, 0.25) is 0 Å². The number of hydrogen-bond donors (Lipinski definition) is 1. The van der Waals surface area contributed by atoms with Gasteiger partial charge in [-0.05, 0) is 25.3 Å². The van der Waals surface area contributed by atoms with E-state index in [9.17, 15) is 0 Å². The second-order valence-corrected chi connectivity index (χ2v) is 6.75. The Kier molecular flexibility index (Phi) is 3.92. The number of rotatable bonds is 4. The molecule has 2 fully saturated rings. The fourth-order valence-corrected chi connectivity index (χ4v) is 3.83. The van der Waals surface area contributed by atoms with E-state index in [4.69, 9.17) is 0 Å². The first-order valence-corrected chi connectivity index (χ1v) is 7.99. The molecule has 3 nitrogen and oxygen atoms in total. The molecule has 2 aliphatic rings. The summed E-state index contributed by atoms with van der Waals surface area (Å²) in [5, 5.41) is 3.49. The molecule has 1 aromatic rings. The molecule has 3 rings (SSSR count). The normalized spacial score (nSPS) is 28.9. The summed E-state index contributed by atoms with van der Waals surface area (Å²) >= 11 is 0. The molecule has 3 heteroatoms. The van der Waals surface area contributed by atoms with Crippen molar-refractivity contribution in [2.45, 2.75) is 63.8 Å². The molecule has 19 heavy (non-hydrogen) atoms. The van der Waals surface area contributed by atoms with E-state index in [2.05, 4.69) is 28.0 Å². The third kappa shape index (κ3) is 2.86. The molecule has 1 unspecified atom stereocenters. The zero-order valence-corrected chi connectivity index (χ0v) is 12.2. The van der Waals surface area contributed by atoms with Gasteiger partial charge < -0.3 is 9.88 Å². The smallest absolute Gasteiger partial charge is 0.0948 e. The lowest BCUT2D eigenvalue weighted by Gasteiger charge is -2.26. The first-order valence-electron chi connectivity index (χ1n) is 7.99. The molecule has 1 aliphatic heterocycles. The molecule has 1 saturated carbocycles. The van der Waals surface area contributed by atoms with Crippen molar-refractivity contribution in [2.24, 2.45) is 5.92 Å². The molecule has 1 atom stereocenters. The van der Waals surface area contributed by atoms with Gasteiger partial charge in [-0.3, -0.25) is 0 Å². The quantitative estimate of drug-likeness (QED) is 0.902. The Balaban J connectivity index is 1.63. The maximum Gasteiger partial charge on any atom is 0.0948 e. The zero-order valence-electron chi connectivity index (χ0n) is 12.2. The van der Waals surface area contributed by atoms with Gasteiger partial charge in [-0.15, -0.1) is 0 Å². The second-order valence-electron chi connectivity index (χ2n) is 6.75. The predicted octanol–water partition coefficient (Wildman–Crippen LogP) is 3.10. The Morgan fingerprint density at radius 1 is 1.37 bits per heavy atom. The average Bonchev–Trinajstić information content (AvgIpc) is 3.07. The maximum atomic E-state index is 4.41. The van der Waals surface area contributed by atoms with E-state index in [1.54, 1.807) is 0 Å². The molecule has 0 aromatic carbocycles.